The Balaban J connectivity index is 1.80. The van der Waals surface area contributed by atoms with Crippen LogP contribution in [0.2, 0.25) is 0 Å². The number of benzene rings is 2. The summed E-state index contributed by atoms with van der Waals surface area (Å²) in [5, 5.41) is 4.53. The average molecular weight is 358 g/mol. The lowest BCUT2D eigenvalue weighted by Gasteiger charge is -2.28. The van der Waals surface area contributed by atoms with Crippen molar-refractivity contribution in [1.29, 1.82) is 0 Å². The maximum atomic E-state index is 13.4. The second-order valence-electron chi connectivity index (χ2n) is 7.69. The third kappa shape index (κ3) is 2.43. The van der Waals surface area contributed by atoms with Gasteiger partial charge in [-0.25, -0.2) is 0 Å². The van der Waals surface area contributed by atoms with Gasteiger partial charge in [0.1, 0.15) is 0 Å². The highest BCUT2D eigenvalue weighted by molar-refractivity contribution is 6.28. The van der Waals surface area contributed by atoms with Crippen molar-refractivity contribution >= 4 is 22.4 Å². The maximum absolute atomic E-state index is 13.4. The first-order chi connectivity index (χ1) is 13.1. The van der Waals surface area contributed by atoms with Crippen LogP contribution in [0.15, 0.2) is 47.3 Å². The molecule has 0 bridgehead atoms. The summed E-state index contributed by atoms with van der Waals surface area (Å²) in [5.74, 6) is 0.0423. The fourth-order valence-electron chi connectivity index (χ4n) is 4.64. The molecule has 1 aromatic heterocycles. The highest BCUT2D eigenvalue weighted by Crippen LogP contribution is 2.41. The van der Waals surface area contributed by atoms with Crippen molar-refractivity contribution in [1.82, 2.24) is 4.57 Å². The van der Waals surface area contributed by atoms with Gasteiger partial charge >= 0.3 is 0 Å². The molecule has 1 fully saturated rings. The number of nitrogens with zero attached hydrogens (tertiary/aromatic N) is 1. The van der Waals surface area contributed by atoms with E-state index in [4.69, 9.17) is 0 Å². The molecule has 0 spiro atoms. The Morgan fingerprint density at radius 2 is 1.67 bits per heavy atom. The van der Waals surface area contributed by atoms with Crippen LogP contribution < -0.4 is 10.9 Å². The van der Waals surface area contributed by atoms with Gasteiger partial charge in [0, 0.05) is 35.8 Å². The van der Waals surface area contributed by atoms with Gasteiger partial charge in [0.25, 0.3) is 5.56 Å². The number of anilines is 1. The van der Waals surface area contributed by atoms with Gasteiger partial charge in [0.15, 0.2) is 5.78 Å². The molecule has 0 unspecified atom stereocenters. The number of aromatic nitrogens is 1. The van der Waals surface area contributed by atoms with E-state index in [1.165, 1.54) is 19.3 Å². The topological polar surface area (TPSA) is 51.1 Å². The number of carbonyl (C=O) groups is 1. The zero-order valence-electron chi connectivity index (χ0n) is 15.4. The second-order valence-corrected chi connectivity index (χ2v) is 7.69. The van der Waals surface area contributed by atoms with Gasteiger partial charge in [-0.3, -0.25) is 9.59 Å². The zero-order valence-corrected chi connectivity index (χ0v) is 15.4. The normalized spacial score (nSPS) is 16.4. The number of fused-ring (bicyclic) bond motifs is 2. The molecule has 0 amide bonds. The van der Waals surface area contributed by atoms with E-state index in [9.17, 15) is 9.59 Å². The van der Waals surface area contributed by atoms with Crippen LogP contribution in [0.25, 0.3) is 22.0 Å². The molecule has 0 saturated heterocycles. The van der Waals surface area contributed by atoms with Gasteiger partial charge in [-0.15, -0.1) is 0 Å². The molecule has 2 aliphatic carbocycles. The van der Waals surface area contributed by atoms with E-state index in [0.717, 1.165) is 40.6 Å². The van der Waals surface area contributed by atoms with E-state index in [1.807, 2.05) is 36.4 Å². The van der Waals surface area contributed by atoms with Crippen molar-refractivity contribution in [2.24, 2.45) is 7.05 Å². The number of aryl methyl sites for hydroxylation is 1. The number of pyridine rings is 1. The molecule has 0 radical (unpaired) electrons. The average Bonchev–Trinajstić information content (AvgIpc) is 2.70. The van der Waals surface area contributed by atoms with Crippen molar-refractivity contribution in [3.05, 3.63) is 63.9 Å². The summed E-state index contributed by atoms with van der Waals surface area (Å²) in [6, 6.07) is 13.6. The fraction of sp³-hybridized carbons (Fsp3) is 0.304. The van der Waals surface area contributed by atoms with E-state index in [0.29, 0.717) is 17.2 Å². The van der Waals surface area contributed by atoms with Gasteiger partial charge in [-0.05, 0) is 36.1 Å². The molecule has 1 N–H and O–H groups in total. The SMILES string of the molecule is Cn1c(=O)cc2c3c(c(NC4CCCCC4)ccc31)C(=O)c1ccccc1-2. The smallest absolute Gasteiger partial charge is 0.251 e. The summed E-state index contributed by atoms with van der Waals surface area (Å²) in [6.45, 7) is 0. The molecule has 27 heavy (non-hydrogen) atoms. The number of hydrogen-bond acceptors (Lipinski definition) is 3. The Hall–Kier alpha value is -2.88. The molecule has 4 nitrogen and oxygen atoms in total. The van der Waals surface area contributed by atoms with Crippen LogP contribution in [0.5, 0.6) is 0 Å². The van der Waals surface area contributed by atoms with Crippen LogP contribution in [0.3, 0.4) is 0 Å². The lowest BCUT2D eigenvalue weighted by atomic mass is 9.83. The molecule has 5 rings (SSSR count). The molecular weight excluding hydrogens is 336 g/mol. The van der Waals surface area contributed by atoms with E-state index in [2.05, 4.69) is 5.32 Å². The van der Waals surface area contributed by atoms with E-state index in [1.54, 1.807) is 17.7 Å². The highest BCUT2D eigenvalue weighted by Gasteiger charge is 2.29. The molecule has 1 saturated carbocycles. The highest BCUT2D eigenvalue weighted by atomic mass is 16.1. The Labute approximate surface area is 157 Å². The van der Waals surface area contributed by atoms with Crippen molar-refractivity contribution in [2.45, 2.75) is 38.1 Å². The molecule has 0 atom stereocenters. The van der Waals surface area contributed by atoms with Crippen molar-refractivity contribution in [2.75, 3.05) is 5.32 Å². The van der Waals surface area contributed by atoms with Gasteiger partial charge in [-0.2, -0.15) is 0 Å². The summed E-state index contributed by atoms with van der Waals surface area (Å²) in [6.07, 6.45) is 6.04. The largest absolute Gasteiger partial charge is 0.382 e. The lowest BCUT2D eigenvalue weighted by Crippen LogP contribution is -2.25. The first-order valence-electron chi connectivity index (χ1n) is 9.72. The Bertz CT molecular complexity index is 1140. The molecule has 0 aliphatic heterocycles. The molecule has 4 heteroatoms. The van der Waals surface area contributed by atoms with Crippen LogP contribution in [0, 0.1) is 0 Å². The predicted octanol–water partition coefficient (Wildman–Crippen LogP) is 4.49. The summed E-state index contributed by atoms with van der Waals surface area (Å²) < 4.78 is 1.63. The van der Waals surface area contributed by atoms with Gasteiger partial charge in [-0.1, -0.05) is 43.5 Å². The molecule has 136 valence electrons. The van der Waals surface area contributed by atoms with Crippen molar-refractivity contribution in [3.8, 4) is 11.1 Å². The molecular formula is C23H22N2O2. The quantitative estimate of drug-likeness (QED) is 0.574. The standard InChI is InChI=1S/C23H22N2O2/c1-25-19-12-11-18(24-14-7-3-2-4-8-14)22-21(19)17(13-20(25)26)15-9-5-6-10-16(15)23(22)27/h5-6,9-14,24H,2-4,7-8H2,1H3. The molecule has 3 aromatic rings. The summed E-state index contributed by atoms with van der Waals surface area (Å²) >= 11 is 0. The monoisotopic (exact) mass is 358 g/mol. The van der Waals surface area contributed by atoms with E-state index < -0.39 is 0 Å². The Kier molecular flexibility index (Phi) is 3.67. The van der Waals surface area contributed by atoms with Crippen molar-refractivity contribution in [3.63, 3.8) is 0 Å². The number of carbonyl (C=O) groups excluding carboxylic acids is 1. The zero-order chi connectivity index (χ0) is 18.5. The number of nitrogens with one attached hydrogen (secondary N) is 1. The van der Waals surface area contributed by atoms with Crippen LogP contribution >= 0.6 is 0 Å². The number of ketones is 1. The first-order valence-corrected chi connectivity index (χ1v) is 9.72. The van der Waals surface area contributed by atoms with E-state index >= 15 is 0 Å². The molecule has 1 heterocycles. The minimum atomic E-state index is -0.0550. The lowest BCUT2D eigenvalue weighted by molar-refractivity contribution is 0.104. The van der Waals surface area contributed by atoms with Gasteiger partial charge in [0.2, 0.25) is 0 Å². The minimum Gasteiger partial charge on any atom is -0.382 e. The second kappa shape index (κ2) is 6.08. The van der Waals surface area contributed by atoms with Gasteiger partial charge < -0.3 is 9.88 Å². The fourth-order valence-corrected chi connectivity index (χ4v) is 4.64. The van der Waals surface area contributed by atoms with Crippen LogP contribution in [0.1, 0.15) is 48.0 Å². The summed E-state index contributed by atoms with van der Waals surface area (Å²) in [5.41, 5.74) is 4.76. The minimum absolute atomic E-state index is 0.0423. The van der Waals surface area contributed by atoms with Gasteiger partial charge in [0.05, 0.1) is 11.1 Å². The maximum Gasteiger partial charge on any atom is 0.251 e. The first kappa shape index (κ1) is 16.3. The number of rotatable bonds is 2. The van der Waals surface area contributed by atoms with Crippen LogP contribution in [-0.4, -0.2) is 16.4 Å². The Morgan fingerprint density at radius 3 is 2.44 bits per heavy atom. The van der Waals surface area contributed by atoms with Crippen molar-refractivity contribution < 1.29 is 4.79 Å². The van der Waals surface area contributed by atoms with E-state index in [-0.39, 0.29) is 11.3 Å². The number of hydrogen-bond donors (Lipinski definition) is 1. The summed E-state index contributed by atoms with van der Waals surface area (Å²) in [7, 11) is 1.77. The summed E-state index contributed by atoms with van der Waals surface area (Å²) in [4.78, 5) is 25.9. The molecule has 2 aliphatic rings. The predicted molar refractivity (Wildman–Crippen MR) is 109 cm³/mol. The molecule has 2 aromatic carbocycles. The third-order valence-electron chi connectivity index (χ3n) is 6.07. The van der Waals surface area contributed by atoms with Crippen LogP contribution in [-0.2, 0) is 7.05 Å². The Morgan fingerprint density at radius 1 is 0.926 bits per heavy atom. The third-order valence-corrected chi connectivity index (χ3v) is 6.07. The van der Waals surface area contributed by atoms with Crippen LogP contribution in [0.4, 0.5) is 5.69 Å².